The fourth-order valence-corrected chi connectivity index (χ4v) is 3.15. The molecule has 134 valence electrons. The summed E-state index contributed by atoms with van der Waals surface area (Å²) in [6, 6.07) is 7.84. The highest BCUT2D eigenvalue weighted by Crippen LogP contribution is 2.18. The van der Waals surface area contributed by atoms with E-state index in [0.717, 1.165) is 30.8 Å². The van der Waals surface area contributed by atoms with Gasteiger partial charge < -0.3 is 15.0 Å². The third-order valence-corrected chi connectivity index (χ3v) is 4.68. The van der Waals surface area contributed by atoms with Crippen LogP contribution in [0, 0.1) is 6.92 Å². The van der Waals surface area contributed by atoms with Crippen molar-refractivity contribution >= 4 is 5.91 Å². The number of nitrogens with zero attached hydrogens (tertiary/aromatic N) is 1. The molecule has 0 aliphatic carbocycles. The van der Waals surface area contributed by atoms with Crippen LogP contribution in [-0.4, -0.2) is 43.1 Å². The molecule has 0 bridgehead atoms. The third kappa shape index (κ3) is 6.16. The number of likely N-dealkylation sites (tertiary alicyclic amines) is 1. The van der Waals surface area contributed by atoms with E-state index in [9.17, 15) is 4.79 Å². The molecule has 1 aliphatic rings. The first-order valence-electron chi connectivity index (χ1n) is 9.43. The summed E-state index contributed by atoms with van der Waals surface area (Å²) in [4.78, 5) is 14.9. The number of hydrogen-bond acceptors (Lipinski definition) is 3. The van der Waals surface area contributed by atoms with Crippen LogP contribution in [0.3, 0.4) is 0 Å². The quantitative estimate of drug-likeness (QED) is 0.741. The van der Waals surface area contributed by atoms with Gasteiger partial charge in [-0.15, -0.1) is 0 Å². The van der Waals surface area contributed by atoms with Gasteiger partial charge in [-0.1, -0.05) is 38.0 Å². The van der Waals surface area contributed by atoms with Crippen LogP contribution in [0.1, 0.15) is 51.0 Å². The maximum absolute atomic E-state index is 12.3. The molecule has 1 unspecified atom stereocenters. The number of benzene rings is 1. The molecular weight excluding hydrogens is 300 g/mol. The number of aryl methyl sites for hydroxylation is 1. The first-order valence-corrected chi connectivity index (χ1v) is 9.43. The molecule has 1 atom stereocenters. The van der Waals surface area contributed by atoms with E-state index in [1.165, 1.54) is 38.8 Å². The molecule has 4 nitrogen and oxygen atoms in total. The van der Waals surface area contributed by atoms with Gasteiger partial charge in [0.1, 0.15) is 5.75 Å². The summed E-state index contributed by atoms with van der Waals surface area (Å²) in [5, 5.41) is 3.04. The number of ether oxygens (including phenoxy) is 1. The van der Waals surface area contributed by atoms with Crippen molar-refractivity contribution in [3.05, 3.63) is 29.8 Å². The summed E-state index contributed by atoms with van der Waals surface area (Å²) < 4.78 is 5.90. The van der Waals surface area contributed by atoms with E-state index in [1.807, 2.05) is 38.1 Å². The smallest absolute Gasteiger partial charge is 0.261 e. The second kappa shape index (κ2) is 10.3. The number of rotatable bonds is 8. The van der Waals surface area contributed by atoms with Gasteiger partial charge in [0, 0.05) is 6.54 Å². The number of carbonyl (C=O) groups excluding carboxylic acids is 1. The van der Waals surface area contributed by atoms with Gasteiger partial charge in [0.2, 0.25) is 0 Å². The minimum absolute atomic E-state index is 0.00313. The summed E-state index contributed by atoms with van der Waals surface area (Å²) in [5.41, 5.74) is 1.06. The number of carbonyl (C=O) groups is 1. The van der Waals surface area contributed by atoms with Crippen molar-refractivity contribution in [1.29, 1.82) is 0 Å². The van der Waals surface area contributed by atoms with E-state index in [2.05, 4.69) is 10.2 Å². The van der Waals surface area contributed by atoms with Gasteiger partial charge in [-0.3, -0.25) is 4.79 Å². The van der Waals surface area contributed by atoms with Crippen LogP contribution in [0.5, 0.6) is 5.75 Å². The van der Waals surface area contributed by atoms with Crippen molar-refractivity contribution in [3.8, 4) is 5.75 Å². The Morgan fingerprint density at radius 1 is 1.21 bits per heavy atom. The van der Waals surface area contributed by atoms with E-state index >= 15 is 0 Å². The number of para-hydroxylation sites is 1. The zero-order valence-corrected chi connectivity index (χ0v) is 15.2. The molecular formula is C20H32N2O2. The Hall–Kier alpha value is -1.55. The third-order valence-electron chi connectivity index (χ3n) is 4.68. The van der Waals surface area contributed by atoms with Crippen molar-refractivity contribution in [2.24, 2.45) is 0 Å². The van der Waals surface area contributed by atoms with E-state index in [-0.39, 0.29) is 5.91 Å². The highest BCUT2D eigenvalue weighted by Gasteiger charge is 2.18. The molecule has 2 rings (SSSR count). The number of nitrogens with one attached hydrogen (secondary N) is 1. The Labute approximate surface area is 146 Å². The summed E-state index contributed by atoms with van der Waals surface area (Å²) >= 11 is 0. The van der Waals surface area contributed by atoms with Crippen molar-refractivity contribution in [3.63, 3.8) is 0 Å². The van der Waals surface area contributed by atoms with Crippen LogP contribution in [0.2, 0.25) is 0 Å². The Kier molecular flexibility index (Phi) is 8.10. The molecule has 1 saturated heterocycles. The van der Waals surface area contributed by atoms with Crippen LogP contribution >= 0.6 is 0 Å². The van der Waals surface area contributed by atoms with Gasteiger partial charge in [-0.05, 0) is 63.9 Å². The topological polar surface area (TPSA) is 41.6 Å². The molecule has 4 heteroatoms. The summed E-state index contributed by atoms with van der Waals surface area (Å²) in [6.07, 6.45) is 6.62. The molecule has 0 spiro atoms. The van der Waals surface area contributed by atoms with Gasteiger partial charge >= 0.3 is 0 Å². The molecule has 0 radical (unpaired) electrons. The zero-order chi connectivity index (χ0) is 17.2. The molecule has 1 heterocycles. The van der Waals surface area contributed by atoms with Crippen LogP contribution in [0.25, 0.3) is 0 Å². The lowest BCUT2D eigenvalue weighted by Crippen LogP contribution is -2.39. The predicted octanol–water partition coefficient (Wildman–Crippen LogP) is 3.53. The molecule has 1 fully saturated rings. The fraction of sp³-hybridized carbons (Fsp3) is 0.650. The summed E-state index contributed by atoms with van der Waals surface area (Å²) in [7, 11) is 0. The summed E-state index contributed by atoms with van der Waals surface area (Å²) in [6.45, 7) is 8.21. The van der Waals surface area contributed by atoms with Gasteiger partial charge in [0.05, 0.1) is 0 Å². The van der Waals surface area contributed by atoms with Crippen molar-refractivity contribution in [1.82, 2.24) is 10.2 Å². The minimum Gasteiger partial charge on any atom is -0.480 e. The average Bonchev–Trinajstić information content (AvgIpc) is 2.86. The van der Waals surface area contributed by atoms with E-state index in [4.69, 9.17) is 4.74 Å². The van der Waals surface area contributed by atoms with Gasteiger partial charge in [0.25, 0.3) is 5.91 Å². The van der Waals surface area contributed by atoms with E-state index in [1.54, 1.807) is 0 Å². The molecule has 0 saturated carbocycles. The lowest BCUT2D eigenvalue weighted by atomic mass is 10.2. The number of amides is 1. The fourth-order valence-electron chi connectivity index (χ4n) is 3.15. The lowest BCUT2D eigenvalue weighted by molar-refractivity contribution is -0.128. The molecule has 0 aromatic heterocycles. The second-order valence-corrected chi connectivity index (χ2v) is 6.68. The number of hydrogen-bond donors (Lipinski definition) is 1. The SMILES string of the molecule is CCC(Oc1ccccc1C)C(=O)NCCCN1CCCCCC1. The van der Waals surface area contributed by atoms with Crippen LogP contribution < -0.4 is 10.1 Å². The Bertz CT molecular complexity index is 496. The van der Waals surface area contributed by atoms with E-state index < -0.39 is 6.10 Å². The van der Waals surface area contributed by atoms with Crippen LogP contribution in [0.4, 0.5) is 0 Å². The Morgan fingerprint density at radius 3 is 2.58 bits per heavy atom. The zero-order valence-electron chi connectivity index (χ0n) is 15.2. The molecule has 1 N–H and O–H groups in total. The predicted molar refractivity (Wildman–Crippen MR) is 98.4 cm³/mol. The normalized spacial score (nSPS) is 17.1. The first-order chi connectivity index (χ1) is 11.7. The largest absolute Gasteiger partial charge is 0.480 e. The van der Waals surface area contributed by atoms with Gasteiger partial charge in [0.15, 0.2) is 6.10 Å². The van der Waals surface area contributed by atoms with Crippen LogP contribution in [-0.2, 0) is 4.79 Å². The minimum atomic E-state index is -0.413. The average molecular weight is 332 g/mol. The standard InChI is InChI=1S/C20H32N2O2/c1-3-18(24-19-12-7-6-11-17(19)2)20(23)21-13-10-16-22-14-8-4-5-9-15-22/h6-7,11-12,18H,3-5,8-10,13-16H2,1-2H3,(H,21,23). The van der Waals surface area contributed by atoms with Crippen LogP contribution in [0.15, 0.2) is 24.3 Å². The maximum Gasteiger partial charge on any atom is 0.261 e. The Balaban J connectivity index is 1.70. The van der Waals surface area contributed by atoms with E-state index in [0.29, 0.717) is 6.42 Å². The van der Waals surface area contributed by atoms with Gasteiger partial charge in [-0.25, -0.2) is 0 Å². The molecule has 1 amide bonds. The van der Waals surface area contributed by atoms with Gasteiger partial charge in [-0.2, -0.15) is 0 Å². The lowest BCUT2D eigenvalue weighted by Gasteiger charge is -2.21. The summed E-state index contributed by atoms with van der Waals surface area (Å²) in [5.74, 6) is 0.792. The van der Waals surface area contributed by atoms with Crippen molar-refractivity contribution in [2.75, 3.05) is 26.2 Å². The molecule has 24 heavy (non-hydrogen) atoms. The monoisotopic (exact) mass is 332 g/mol. The highest BCUT2D eigenvalue weighted by molar-refractivity contribution is 5.81. The molecule has 1 aliphatic heterocycles. The first kappa shape index (κ1) is 18.8. The van der Waals surface area contributed by atoms with Crippen molar-refractivity contribution in [2.45, 2.75) is 58.5 Å². The highest BCUT2D eigenvalue weighted by atomic mass is 16.5. The maximum atomic E-state index is 12.3. The molecule has 1 aromatic carbocycles. The van der Waals surface area contributed by atoms with Crippen molar-refractivity contribution < 1.29 is 9.53 Å². The molecule has 1 aromatic rings. The Morgan fingerprint density at radius 2 is 1.92 bits per heavy atom. The second-order valence-electron chi connectivity index (χ2n) is 6.68.